The minimum Gasteiger partial charge on any atom is -0.368 e. The SMILES string of the molecule is Cc1ccc(CNOCC(N)=O)nc1. The van der Waals surface area contributed by atoms with Gasteiger partial charge in [-0.2, -0.15) is 5.48 Å². The summed E-state index contributed by atoms with van der Waals surface area (Å²) in [5.41, 5.74) is 9.41. The Morgan fingerprint density at radius 2 is 2.43 bits per heavy atom. The second-order valence-corrected chi connectivity index (χ2v) is 2.90. The highest BCUT2D eigenvalue weighted by Gasteiger charge is 1.95. The van der Waals surface area contributed by atoms with Gasteiger partial charge >= 0.3 is 0 Å². The highest BCUT2D eigenvalue weighted by atomic mass is 16.6. The van der Waals surface area contributed by atoms with Crippen LogP contribution in [0.2, 0.25) is 0 Å². The largest absolute Gasteiger partial charge is 0.368 e. The number of primary amides is 1. The van der Waals surface area contributed by atoms with Crippen molar-refractivity contribution in [2.75, 3.05) is 6.61 Å². The van der Waals surface area contributed by atoms with Crippen molar-refractivity contribution in [1.29, 1.82) is 0 Å². The number of hydrogen-bond donors (Lipinski definition) is 2. The zero-order valence-corrected chi connectivity index (χ0v) is 7.99. The fraction of sp³-hybridized carbons (Fsp3) is 0.333. The summed E-state index contributed by atoms with van der Waals surface area (Å²) >= 11 is 0. The van der Waals surface area contributed by atoms with Crippen molar-refractivity contribution >= 4 is 5.91 Å². The second-order valence-electron chi connectivity index (χ2n) is 2.90. The van der Waals surface area contributed by atoms with Crippen molar-refractivity contribution in [3.8, 4) is 0 Å². The normalized spacial score (nSPS) is 10.1. The molecule has 0 saturated carbocycles. The van der Waals surface area contributed by atoms with Crippen molar-refractivity contribution in [3.63, 3.8) is 0 Å². The number of nitrogens with zero attached hydrogens (tertiary/aromatic N) is 1. The van der Waals surface area contributed by atoms with E-state index in [1.165, 1.54) is 0 Å². The highest BCUT2D eigenvalue weighted by Crippen LogP contribution is 1.97. The number of hydroxylamine groups is 1. The lowest BCUT2D eigenvalue weighted by Gasteiger charge is -2.03. The molecule has 0 bridgehead atoms. The summed E-state index contributed by atoms with van der Waals surface area (Å²) in [5, 5.41) is 0. The number of hydrogen-bond acceptors (Lipinski definition) is 4. The van der Waals surface area contributed by atoms with E-state index in [1.54, 1.807) is 6.20 Å². The van der Waals surface area contributed by atoms with Gasteiger partial charge in [0, 0.05) is 6.20 Å². The molecular weight excluding hydrogens is 182 g/mol. The first-order valence-corrected chi connectivity index (χ1v) is 4.23. The number of carbonyl (C=O) groups is 1. The Bertz CT molecular complexity index is 297. The van der Waals surface area contributed by atoms with Gasteiger partial charge in [-0.25, -0.2) is 0 Å². The molecule has 0 unspecified atom stereocenters. The maximum absolute atomic E-state index is 10.3. The Morgan fingerprint density at radius 3 is 3.00 bits per heavy atom. The van der Waals surface area contributed by atoms with Crippen LogP contribution in [0.1, 0.15) is 11.3 Å². The lowest BCUT2D eigenvalue weighted by Crippen LogP contribution is -2.24. The van der Waals surface area contributed by atoms with Crippen molar-refractivity contribution in [3.05, 3.63) is 29.6 Å². The van der Waals surface area contributed by atoms with E-state index in [2.05, 4.69) is 10.5 Å². The molecule has 1 rings (SSSR count). The third-order valence-electron chi connectivity index (χ3n) is 1.54. The molecule has 0 aromatic carbocycles. The molecule has 14 heavy (non-hydrogen) atoms. The molecular formula is C9H13N3O2. The quantitative estimate of drug-likeness (QED) is 0.508. The fourth-order valence-corrected chi connectivity index (χ4v) is 0.850. The van der Waals surface area contributed by atoms with E-state index in [-0.39, 0.29) is 6.61 Å². The maximum Gasteiger partial charge on any atom is 0.245 e. The minimum atomic E-state index is -0.505. The molecule has 5 nitrogen and oxygen atoms in total. The van der Waals surface area contributed by atoms with Crippen molar-refractivity contribution < 1.29 is 9.63 Å². The molecule has 76 valence electrons. The van der Waals surface area contributed by atoms with Gasteiger partial charge in [-0.1, -0.05) is 6.07 Å². The molecule has 0 spiro atoms. The summed E-state index contributed by atoms with van der Waals surface area (Å²) < 4.78 is 0. The van der Waals surface area contributed by atoms with Gasteiger partial charge < -0.3 is 5.73 Å². The summed E-state index contributed by atoms with van der Waals surface area (Å²) in [6.45, 7) is 2.28. The van der Waals surface area contributed by atoms with Crippen LogP contribution in [-0.4, -0.2) is 17.5 Å². The van der Waals surface area contributed by atoms with E-state index in [1.807, 2.05) is 19.1 Å². The smallest absolute Gasteiger partial charge is 0.245 e. The Hall–Kier alpha value is -1.46. The third-order valence-corrected chi connectivity index (χ3v) is 1.54. The number of pyridine rings is 1. The fourth-order valence-electron chi connectivity index (χ4n) is 0.850. The predicted molar refractivity (Wildman–Crippen MR) is 51.0 cm³/mol. The minimum absolute atomic E-state index is 0.133. The van der Waals surface area contributed by atoms with Crippen LogP contribution in [0.15, 0.2) is 18.3 Å². The number of nitrogens with one attached hydrogen (secondary N) is 1. The topological polar surface area (TPSA) is 77.2 Å². The molecule has 0 radical (unpaired) electrons. The predicted octanol–water partition coefficient (Wildman–Crippen LogP) is -0.103. The first kappa shape index (κ1) is 10.6. The van der Waals surface area contributed by atoms with Crippen LogP contribution in [0.25, 0.3) is 0 Å². The van der Waals surface area contributed by atoms with Gasteiger partial charge in [0.1, 0.15) is 6.61 Å². The number of nitrogens with two attached hydrogens (primary N) is 1. The molecule has 0 saturated heterocycles. The number of rotatable bonds is 5. The van der Waals surface area contributed by atoms with Crippen LogP contribution in [0.5, 0.6) is 0 Å². The van der Waals surface area contributed by atoms with Crippen LogP contribution in [0.3, 0.4) is 0 Å². The van der Waals surface area contributed by atoms with Crippen LogP contribution < -0.4 is 11.2 Å². The van der Waals surface area contributed by atoms with E-state index in [9.17, 15) is 4.79 Å². The standard InChI is InChI=1S/C9H13N3O2/c1-7-2-3-8(11-4-7)5-12-14-6-9(10)13/h2-4,12H,5-6H2,1H3,(H2,10,13). The number of aromatic nitrogens is 1. The van der Waals surface area contributed by atoms with E-state index >= 15 is 0 Å². The summed E-state index contributed by atoms with van der Waals surface area (Å²) in [4.78, 5) is 19.2. The van der Waals surface area contributed by atoms with Crippen LogP contribution in [0.4, 0.5) is 0 Å². The van der Waals surface area contributed by atoms with E-state index in [0.29, 0.717) is 6.54 Å². The molecule has 0 fully saturated rings. The number of aryl methyl sites for hydroxylation is 1. The van der Waals surface area contributed by atoms with E-state index in [0.717, 1.165) is 11.3 Å². The van der Waals surface area contributed by atoms with Crippen molar-refractivity contribution in [2.45, 2.75) is 13.5 Å². The number of carbonyl (C=O) groups excluding carboxylic acids is 1. The molecule has 1 aromatic heterocycles. The molecule has 0 atom stereocenters. The second kappa shape index (κ2) is 5.31. The lowest BCUT2D eigenvalue weighted by molar-refractivity contribution is -0.125. The third kappa shape index (κ3) is 3.97. The highest BCUT2D eigenvalue weighted by molar-refractivity contribution is 5.74. The summed E-state index contributed by atoms with van der Waals surface area (Å²) in [7, 11) is 0. The van der Waals surface area contributed by atoms with Crippen molar-refractivity contribution in [2.24, 2.45) is 5.73 Å². The molecule has 3 N–H and O–H groups in total. The zero-order valence-electron chi connectivity index (χ0n) is 7.99. The van der Waals surface area contributed by atoms with Gasteiger partial charge in [0.05, 0.1) is 12.2 Å². The molecule has 5 heteroatoms. The molecule has 1 aromatic rings. The summed E-state index contributed by atoms with van der Waals surface area (Å²) in [5.74, 6) is -0.505. The number of amides is 1. The molecule has 1 heterocycles. The van der Waals surface area contributed by atoms with Crippen LogP contribution >= 0.6 is 0 Å². The van der Waals surface area contributed by atoms with Gasteiger partial charge in [-0.3, -0.25) is 14.6 Å². The Balaban J connectivity index is 2.25. The monoisotopic (exact) mass is 195 g/mol. The molecule has 0 aliphatic heterocycles. The van der Waals surface area contributed by atoms with E-state index in [4.69, 9.17) is 10.6 Å². The Kier molecular flexibility index (Phi) is 4.03. The maximum atomic E-state index is 10.3. The van der Waals surface area contributed by atoms with Gasteiger partial charge in [0.2, 0.25) is 5.91 Å². The molecule has 1 amide bonds. The average molecular weight is 195 g/mol. The zero-order chi connectivity index (χ0) is 10.4. The first-order chi connectivity index (χ1) is 6.68. The average Bonchev–Trinajstić information content (AvgIpc) is 2.15. The van der Waals surface area contributed by atoms with Gasteiger partial charge in [0.15, 0.2) is 0 Å². The molecule has 0 aliphatic rings. The summed E-state index contributed by atoms with van der Waals surface area (Å²) in [6, 6.07) is 3.84. The van der Waals surface area contributed by atoms with Gasteiger partial charge in [0.25, 0.3) is 0 Å². The van der Waals surface area contributed by atoms with Gasteiger partial charge in [-0.15, -0.1) is 0 Å². The van der Waals surface area contributed by atoms with E-state index < -0.39 is 5.91 Å². The van der Waals surface area contributed by atoms with Crippen molar-refractivity contribution in [1.82, 2.24) is 10.5 Å². The lowest BCUT2D eigenvalue weighted by atomic mass is 10.3. The van der Waals surface area contributed by atoms with Crippen LogP contribution in [0, 0.1) is 6.92 Å². The molecule has 0 aliphatic carbocycles. The summed E-state index contributed by atoms with van der Waals surface area (Å²) in [6.07, 6.45) is 1.77. The van der Waals surface area contributed by atoms with Gasteiger partial charge in [-0.05, 0) is 18.6 Å². The first-order valence-electron chi connectivity index (χ1n) is 4.23. The Labute approximate surface area is 82.2 Å². The Morgan fingerprint density at radius 1 is 1.64 bits per heavy atom. The van der Waals surface area contributed by atoms with Crippen LogP contribution in [-0.2, 0) is 16.2 Å².